The molecule has 0 radical (unpaired) electrons. The van der Waals surface area contributed by atoms with Crippen LogP contribution in [0.2, 0.25) is 0 Å². The third kappa shape index (κ3) is 4.37. The zero-order valence-electron chi connectivity index (χ0n) is 23.2. The highest BCUT2D eigenvalue weighted by Crippen LogP contribution is 2.35. The van der Waals surface area contributed by atoms with Crippen LogP contribution in [0, 0.1) is 18.6 Å². The summed E-state index contributed by atoms with van der Waals surface area (Å²) in [5, 5.41) is 5.33. The first-order chi connectivity index (χ1) is 20.3. The molecule has 5 heterocycles. The number of likely N-dealkylation sites (N-methyl/N-ethyl adjacent to an activating group) is 1. The fourth-order valence-corrected chi connectivity index (χ4v) is 5.96. The van der Waals surface area contributed by atoms with E-state index in [0.717, 1.165) is 55.5 Å². The van der Waals surface area contributed by atoms with Crippen molar-refractivity contribution in [3.8, 4) is 17.3 Å². The number of carbonyl (C=O) groups is 1. The number of pyridine rings is 1. The zero-order valence-corrected chi connectivity index (χ0v) is 23.2. The number of H-pyrrole nitrogens is 1. The molecule has 2 aromatic carbocycles. The van der Waals surface area contributed by atoms with Crippen LogP contribution in [0.5, 0.6) is 11.6 Å². The molecule has 2 aliphatic rings. The highest BCUT2D eigenvalue weighted by Gasteiger charge is 2.32. The van der Waals surface area contributed by atoms with E-state index >= 15 is 0 Å². The largest absolute Gasteiger partial charge is 0.433 e. The smallest absolute Gasteiger partial charge is 0.219 e. The van der Waals surface area contributed by atoms with Gasteiger partial charge in [-0.2, -0.15) is 5.10 Å². The third-order valence-electron chi connectivity index (χ3n) is 8.17. The first-order valence-electron chi connectivity index (χ1n) is 13.8. The summed E-state index contributed by atoms with van der Waals surface area (Å²) in [4.78, 5) is 25.9. The van der Waals surface area contributed by atoms with Gasteiger partial charge in [0.05, 0.1) is 35.4 Å². The van der Waals surface area contributed by atoms with E-state index in [0.29, 0.717) is 23.0 Å². The number of nitrogen functional groups attached to an aromatic ring is 1. The Morgan fingerprint density at radius 1 is 1.10 bits per heavy atom. The summed E-state index contributed by atoms with van der Waals surface area (Å²) in [6.45, 7) is 4.93. The van der Waals surface area contributed by atoms with Crippen molar-refractivity contribution >= 4 is 28.2 Å². The molecule has 42 heavy (non-hydrogen) atoms. The van der Waals surface area contributed by atoms with Gasteiger partial charge in [0.2, 0.25) is 17.4 Å². The Kier molecular flexibility index (Phi) is 6.19. The number of nitrogens with one attached hydrogen (secondary N) is 1. The number of carbonyl (C=O) groups excluding carboxylic acids is 1. The predicted octanol–water partition coefficient (Wildman–Crippen LogP) is 5.01. The van der Waals surface area contributed by atoms with Gasteiger partial charge in [-0.3, -0.25) is 4.79 Å². The Bertz CT molecular complexity index is 1840. The molecule has 0 aliphatic carbocycles. The molecular weight excluding hydrogens is 540 g/mol. The Hall–Kier alpha value is -4.77. The number of para-hydroxylation sites is 1. The lowest BCUT2D eigenvalue weighted by Crippen LogP contribution is -2.59. The summed E-state index contributed by atoms with van der Waals surface area (Å²) in [5.41, 5.74) is 11.7. The standard InChI is InChI=1S/C31H29F2N7O2/c1-17-9-28(42-30-22(32)6-3-7-23(30)33)35-14-27(17)40-31(34)21(13-36-40)29(41)25-11-19-12-26-18(10-24(19)37-25)5-4-8-39(26)20-15-38(2)16-20/h3,6-7,9-14,20,37H,4-5,8,15-16,34H2,1-2H3. The van der Waals surface area contributed by atoms with E-state index in [1.54, 1.807) is 6.92 Å². The van der Waals surface area contributed by atoms with E-state index in [1.165, 1.54) is 40.5 Å². The monoisotopic (exact) mass is 569 g/mol. The maximum absolute atomic E-state index is 14.0. The van der Waals surface area contributed by atoms with Crippen LogP contribution in [-0.2, 0) is 6.42 Å². The fraction of sp³-hybridized carbons (Fsp3) is 0.258. The number of hydrogen-bond donors (Lipinski definition) is 2. The molecule has 214 valence electrons. The molecule has 1 saturated heterocycles. The number of rotatable bonds is 6. The van der Waals surface area contributed by atoms with Gasteiger partial charge in [-0.1, -0.05) is 6.07 Å². The van der Waals surface area contributed by atoms with Crippen LogP contribution in [0.3, 0.4) is 0 Å². The summed E-state index contributed by atoms with van der Waals surface area (Å²) in [5.74, 6) is -2.32. The number of nitrogens with zero attached hydrogens (tertiary/aromatic N) is 5. The van der Waals surface area contributed by atoms with Gasteiger partial charge in [0, 0.05) is 42.3 Å². The van der Waals surface area contributed by atoms with Crippen molar-refractivity contribution in [1.29, 1.82) is 0 Å². The van der Waals surface area contributed by atoms with Crippen LogP contribution < -0.4 is 15.4 Å². The number of ether oxygens (including phenoxy) is 1. The SMILES string of the molecule is Cc1cc(Oc2c(F)cccc2F)ncc1-n1ncc(C(=O)c2cc3cc4c(cc3[nH]2)CCCN4C2CN(C)C2)c1N. The number of likely N-dealkylation sites (tertiary alicyclic amines) is 1. The van der Waals surface area contributed by atoms with Crippen molar-refractivity contribution in [3.05, 3.63) is 88.9 Å². The maximum Gasteiger partial charge on any atom is 0.219 e. The molecule has 1 fully saturated rings. The Balaban J connectivity index is 1.15. The lowest BCUT2D eigenvalue weighted by atomic mass is 9.96. The minimum absolute atomic E-state index is 0.00550. The van der Waals surface area contributed by atoms with Crippen LogP contribution in [0.15, 0.2) is 54.9 Å². The van der Waals surface area contributed by atoms with Gasteiger partial charge in [-0.05, 0) is 68.3 Å². The second-order valence-corrected chi connectivity index (χ2v) is 11.1. The second-order valence-electron chi connectivity index (χ2n) is 11.1. The van der Waals surface area contributed by atoms with E-state index in [9.17, 15) is 13.6 Å². The summed E-state index contributed by atoms with van der Waals surface area (Å²) in [6, 6.07) is 11.7. The number of benzene rings is 2. The first-order valence-corrected chi connectivity index (χ1v) is 13.8. The molecule has 0 amide bonds. The number of aryl methyl sites for hydroxylation is 2. The van der Waals surface area contributed by atoms with Gasteiger partial charge in [0.1, 0.15) is 5.82 Å². The van der Waals surface area contributed by atoms with Crippen molar-refractivity contribution in [3.63, 3.8) is 0 Å². The molecule has 5 aromatic rings. The molecule has 2 aliphatic heterocycles. The van der Waals surface area contributed by atoms with Crippen LogP contribution in [0.4, 0.5) is 20.3 Å². The fourth-order valence-electron chi connectivity index (χ4n) is 5.96. The number of nitrogens with two attached hydrogens (primary N) is 1. The van der Waals surface area contributed by atoms with E-state index in [2.05, 4.69) is 44.0 Å². The normalized spacial score (nSPS) is 15.6. The van der Waals surface area contributed by atoms with E-state index in [-0.39, 0.29) is 23.0 Å². The van der Waals surface area contributed by atoms with Gasteiger partial charge in [-0.15, -0.1) is 0 Å². The van der Waals surface area contributed by atoms with Gasteiger partial charge in [0.15, 0.2) is 11.6 Å². The Labute approximate surface area is 240 Å². The molecular formula is C31H29F2N7O2. The van der Waals surface area contributed by atoms with Crippen molar-refractivity contribution in [2.45, 2.75) is 25.8 Å². The van der Waals surface area contributed by atoms with Crippen molar-refractivity contribution in [1.82, 2.24) is 24.6 Å². The Morgan fingerprint density at radius 2 is 1.88 bits per heavy atom. The molecule has 0 bridgehead atoms. The lowest BCUT2D eigenvalue weighted by molar-refractivity contribution is 0.103. The molecule has 0 unspecified atom stereocenters. The average Bonchev–Trinajstić information content (AvgIpc) is 3.54. The number of anilines is 2. The molecule has 11 heteroatoms. The summed E-state index contributed by atoms with van der Waals surface area (Å²) >= 11 is 0. The zero-order chi connectivity index (χ0) is 29.1. The molecule has 3 aromatic heterocycles. The maximum atomic E-state index is 14.0. The highest BCUT2D eigenvalue weighted by molar-refractivity contribution is 6.12. The summed E-state index contributed by atoms with van der Waals surface area (Å²) in [7, 11) is 2.14. The lowest BCUT2D eigenvalue weighted by Gasteiger charge is -2.47. The highest BCUT2D eigenvalue weighted by atomic mass is 19.1. The Morgan fingerprint density at radius 3 is 2.62 bits per heavy atom. The van der Waals surface area contributed by atoms with Gasteiger partial charge < -0.3 is 25.3 Å². The predicted molar refractivity (Wildman–Crippen MR) is 156 cm³/mol. The van der Waals surface area contributed by atoms with Crippen LogP contribution in [0.25, 0.3) is 16.6 Å². The number of hydrogen-bond acceptors (Lipinski definition) is 7. The van der Waals surface area contributed by atoms with Crippen molar-refractivity contribution < 1.29 is 18.3 Å². The van der Waals surface area contributed by atoms with Crippen molar-refractivity contribution in [2.24, 2.45) is 0 Å². The van der Waals surface area contributed by atoms with Crippen molar-refractivity contribution in [2.75, 3.05) is 37.3 Å². The molecule has 9 nitrogen and oxygen atoms in total. The van der Waals surface area contributed by atoms with Gasteiger partial charge in [-0.25, -0.2) is 18.4 Å². The minimum Gasteiger partial charge on any atom is -0.433 e. The summed E-state index contributed by atoms with van der Waals surface area (Å²) < 4.78 is 34.8. The van der Waals surface area contributed by atoms with E-state index < -0.39 is 17.4 Å². The molecule has 7 rings (SSSR count). The quantitative estimate of drug-likeness (QED) is 0.277. The van der Waals surface area contributed by atoms with E-state index in [4.69, 9.17) is 10.5 Å². The van der Waals surface area contributed by atoms with Crippen LogP contribution in [-0.4, -0.2) is 63.2 Å². The minimum atomic E-state index is -0.835. The van der Waals surface area contributed by atoms with Gasteiger partial charge >= 0.3 is 0 Å². The molecule has 0 atom stereocenters. The topological polar surface area (TPSA) is 105 Å². The number of halogens is 2. The first kappa shape index (κ1) is 26.1. The number of fused-ring (bicyclic) bond motifs is 2. The second kappa shape index (κ2) is 9.95. The molecule has 3 N–H and O–H groups in total. The number of ketones is 1. The number of aromatic amines is 1. The third-order valence-corrected chi connectivity index (χ3v) is 8.17. The summed E-state index contributed by atoms with van der Waals surface area (Å²) in [6.07, 6.45) is 4.99. The van der Waals surface area contributed by atoms with E-state index in [1.807, 2.05) is 6.07 Å². The molecule has 0 spiro atoms. The van der Waals surface area contributed by atoms with Crippen LogP contribution >= 0.6 is 0 Å². The molecule has 0 saturated carbocycles. The van der Waals surface area contributed by atoms with Gasteiger partial charge in [0.25, 0.3) is 0 Å². The average molecular weight is 570 g/mol. The number of aromatic nitrogens is 4. The van der Waals surface area contributed by atoms with Crippen LogP contribution in [0.1, 0.15) is 33.6 Å².